The van der Waals surface area contributed by atoms with Crippen LogP contribution in [0.25, 0.3) is 0 Å². The molecule has 2 atom stereocenters. The van der Waals surface area contributed by atoms with Crippen LogP contribution in [0.4, 0.5) is 4.79 Å². The molecule has 3 rings (SSSR count). The molecule has 0 unspecified atom stereocenters. The Bertz CT molecular complexity index is 867. The molecule has 2 N–H and O–H groups in total. The van der Waals surface area contributed by atoms with Crippen molar-refractivity contribution in [1.82, 2.24) is 15.5 Å². The Morgan fingerprint density at radius 2 is 1.90 bits per heavy atom. The number of hydrogen-bond donors (Lipinski definition) is 2. The van der Waals surface area contributed by atoms with E-state index in [0.717, 1.165) is 5.56 Å². The van der Waals surface area contributed by atoms with Crippen molar-refractivity contribution in [2.75, 3.05) is 19.8 Å². The van der Waals surface area contributed by atoms with E-state index in [1.54, 1.807) is 18.7 Å². The van der Waals surface area contributed by atoms with E-state index in [-0.39, 0.29) is 43.4 Å². The molecule has 0 aliphatic carbocycles. The second-order valence-electron chi connectivity index (χ2n) is 7.20. The number of nitrogens with zero attached hydrogens (tertiary/aromatic N) is 1. The minimum Gasteiger partial charge on any atom is -0.463 e. The SMILES string of the molecule is CCOC(=O)C1=C(COC(=O)[C@H]2CC(=O)N(Cc3ccccc3)C2)NC(=O)N[C@@H]1C. The summed E-state index contributed by atoms with van der Waals surface area (Å²) < 4.78 is 10.4. The van der Waals surface area contributed by atoms with Crippen LogP contribution < -0.4 is 10.6 Å². The third kappa shape index (κ3) is 4.97. The van der Waals surface area contributed by atoms with Crippen molar-refractivity contribution in [3.05, 3.63) is 47.2 Å². The van der Waals surface area contributed by atoms with Gasteiger partial charge in [0.1, 0.15) is 6.61 Å². The van der Waals surface area contributed by atoms with E-state index in [9.17, 15) is 19.2 Å². The second-order valence-corrected chi connectivity index (χ2v) is 7.20. The van der Waals surface area contributed by atoms with Gasteiger partial charge in [-0.2, -0.15) is 0 Å². The normalized spacial score (nSPS) is 21.2. The molecule has 0 aromatic heterocycles. The summed E-state index contributed by atoms with van der Waals surface area (Å²) in [5.41, 5.74) is 1.37. The summed E-state index contributed by atoms with van der Waals surface area (Å²) in [5, 5.41) is 5.08. The number of urea groups is 1. The number of amides is 3. The van der Waals surface area contributed by atoms with Gasteiger partial charge in [0, 0.05) is 19.5 Å². The molecule has 9 nitrogen and oxygen atoms in total. The maximum absolute atomic E-state index is 12.5. The van der Waals surface area contributed by atoms with Crippen molar-refractivity contribution in [2.24, 2.45) is 5.92 Å². The van der Waals surface area contributed by atoms with E-state index < -0.39 is 29.9 Å². The van der Waals surface area contributed by atoms with Gasteiger partial charge in [-0.3, -0.25) is 9.59 Å². The molecule has 2 aliphatic rings. The van der Waals surface area contributed by atoms with Gasteiger partial charge in [0.15, 0.2) is 0 Å². The summed E-state index contributed by atoms with van der Waals surface area (Å²) in [5.74, 6) is -1.84. The lowest BCUT2D eigenvalue weighted by Gasteiger charge is -2.26. The Labute approximate surface area is 174 Å². The van der Waals surface area contributed by atoms with Crippen LogP contribution in [0.2, 0.25) is 0 Å². The Morgan fingerprint density at radius 3 is 2.60 bits per heavy atom. The van der Waals surface area contributed by atoms with Crippen LogP contribution in [0.1, 0.15) is 25.8 Å². The van der Waals surface area contributed by atoms with Crippen LogP contribution in [0.3, 0.4) is 0 Å². The fraction of sp³-hybridized carbons (Fsp3) is 0.429. The average Bonchev–Trinajstić information content (AvgIpc) is 3.07. The average molecular weight is 415 g/mol. The minimum absolute atomic E-state index is 0.0692. The van der Waals surface area contributed by atoms with Crippen molar-refractivity contribution in [3.8, 4) is 0 Å². The van der Waals surface area contributed by atoms with Crippen LogP contribution in [-0.2, 0) is 30.4 Å². The maximum atomic E-state index is 12.5. The van der Waals surface area contributed by atoms with Crippen molar-refractivity contribution in [2.45, 2.75) is 32.9 Å². The van der Waals surface area contributed by atoms with Gasteiger partial charge in [-0.25, -0.2) is 9.59 Å². The molecule has 30 heavy (non-hydrogen) atoms. The largest absolute Gasteiger partial charge is 0.463 e. The number of likely N-dealkylation sites (tertiary alicyclic amines) is 1. The predicted octanol–water partition coefficient (Wildman–Crippen LogP) is 1.10. The standard InChI is InChI=1S/C21H25N3O6/c1-3-29-20(27)18-13(2)22-21(28)23-16(18)12-30-19(26)15-9-17(25)24(11-15)10-14-7-5-4-6-8-14/h4-8,13,15H,3,9-12H2,1-2H3,(H2,22,23,28)/t13-,15+/m1/s1. The van der Waals surface area contributed by atoms with Crippen LogP contribution in [0.15, 0.2) is 41.6 Å². The van der Waals surface area contributed by atoms with Gasteiger partial charge < -0.3 is 25.0 Å². The topological polar surface area (TPSA) is 114 Å². The summed E-state index contributed by atoms with van der Waals surface area (Å²) in [4.78, 5) is 50.4. The first-order valence-electron chi connectivity index (χ1n) is 9.85. The molecule has 0 bridgehead atoms. The van der Waals surface area contributed by atoms with Crippen LogP contribution >= 0.6 is 0 Å². The molecule has 1 fully saturated rings. The van der Waals surface area contributed by atoms with E-state index >= 15 is 0 Å². The maximum Gasteiger partial charge on any atom is 0.338 e. The summed E-state index contributed by atoms with van der Waals surface area (Å²) in [7, 11) is 0. The molecule has 0 radical (unpaired) electrons. The molecular formula is C21H25N3O6. The zero-order valence-electron chi connectivity index (χ0n) is 17.0. The number of carbonyl (C=O) groups excluding carboxylic acids is 4. The predicted molar refractivity (Wildman–Crippen MR) is 106 cm³/mol. The Hall–Kier alpha value is -3.36. The number of carbonyl (C=O) groups is 4. The smallest absolute Gasteiger partial charge is 0.338 e. The molecule has 9 heteroatoms. The quantitative estimate of drug-likeness (QED) is 0.645. The number of benzene rings is 1. The van der Waals surface area contributed by atoms with E-state index in [1.165, 1.54) is 0 Å². The highest BCUT2D eigenvalue weighted by atomic mass is 16.5. The molecule has 0 spiro atoms. The van der Waals surface area contributed by atoms with Crippen molar-refractivity contribution < 1.29 is 28.7 Å². The first kappa shape index (κ1) is 21.4. The zero-order valence-corrected chi connectivity index (χ0v) is 17.0. The molecule has 2 aliphatic heterocycles. The van der Waals surface area contributed by atoms with Crippen LogP contribution in [0, 0.1) is 5.92 Å². The minimum atomic E-state index is -0.595. The molecule has 1 aromatic carbocycles. The van der Waals surface area contributed by atoms with Crippen molar-refractivity contribution in [1.29, 1.82) is 0 Å². The molecule has 3 amide bonds. The Kier molecular flexibility index (Phi) is 6.71. The third-order valence-electron chi connectivity index (χ3n) is 4.99. The molecule has 1 saturated heterocycles. The second kappa shape index (κ2) is 9.43. The van der Waals surface area contributed by atoms with Gasteiger partial charge in [0.2, 0.25) is 5.91 Å². The van der Waals surface area contributed by atoms with Crippen molar-refractivity contribution >= 4 is 23.9 Å². The van der Waals surface area contributed by atoms with Gasteiger partial charge in [0.25, 0.3) is 0 Å². The highest BCUT2D eigenvalue weighted by Gasteiger charge is 2.36. The van der Waals surface area contributed by atoms with Gasteiger partial charge >= 0.3 is 18.0 Å². The van der Waals surface area contributed by atoms with Gasteiger partial charge in [-0.15, -0.1) is 0 Å². The number of nitrogens with one attached hydrogen (secondary N) is 2. The summed E-state index contributed by atoms with van der Waals surface area (Å²) in [6.45, 7) is 3.91. The Morgan fingerprint density at radius 1 is 1.17 bits per heavy atom. The van der Waals surface area contributed by atoms with Gasteiger partial charge in [-0.1, -0.05) is 30.3 Å². The van der Waals surface area contributed by atoms with Crippen molar-refractivity contribution in [3.63, 3.8) is 0 Å². The number of ether oxygens (including phenoxy) is 2. The summed E-state index contributed by atoms with van der Waals surface area (Å²) in [6.07, 6.45) is 0.0692. The van der Waals surface area contributed by atoms with E-state index in [0.29, 0.717) is 6.54 Å². The fourth-order valence-electron chi connectivity index (χ4n) is 3.54. The summed E-state index contributed by atoms with van der Waals surface area (Å²) in [6, 6.07) is 8.45. The first-order chi connectivity index (χ1) is 14.4. The van der Waals surface area contributed by atoms with Gasteiger partial charge in [-0.05, 0) is 19.4 Å². The Balaban J connectivity index is 1.62. The molecule has 0 saturated carbocycles. The fourth-order valence-corrected chi connectivity index (χ4v) is 3.54. The lowest BCUT2D eigenvalue weighted by atomic mass is 10.0. The number of hydrogen-bond acceptors (Lipinski definition) is 6. The van der Waals surface area contributed by atoms with Gasteiger partial charge in [0.05, 0.1) is 29.8 Å². The van der Waals surface area contributed by atoms with E-state index in [4.69, 9.17) is 9.47 Å². The summed E-state index contributed by atoms with van der Waals surface area (Å²) >= 11 is 0. The lowest BCUT2D eigenvalue weighted by molar-refractivity contribution is -0.148. The molecule has 2 heterocycles. The highest BCUT2D eigenvalue weighted by molar-refractivity contribution is 5.95. The monoisotopic (exact) mass is 415 g/mol. The lowest BCUT2D eigenvalue weighted by Crippen LogP contribution is -2.50. The molecule has 1 aromatic rings. The zero-order chi connectivity index (χ0) is 21.7. The number of esters is 2. The van der Waals surface area contributed by atoms with E-state index in [1.807, 2.05) is 30.3 Å². The van der Waals surface area contributed by atoms with Crippen LogP contribution in [0.5, 0.6) is 0 Å². The highest BCUT2D eigenvalue weighted by Crippen LogP contribution is 2.22. The van der Waals surface area contributed by atoms with Crippen LogP contribution in [-0.4, -0.2) is 54.6 Å². The van der Waals surface area contributed by atoms with E-state index in [2.05, 4.69) is 10.6 Å². The third-order valence-corrected chi connectivity index (χ3v) is 4.99. The molecule has 160 valence electrons. The number of rotatable bonds is 7. The first-order valence-corrected chi connectivity index (χ1v) is 9.85. The molecular weight excluding hydrogens is 390 g/mol.